The molecule has 0 heterocycles. The predicted octanol–water partition coefficient (Wildman–Crippen LogP) is 5.85. The normalized spacial score (nSPS) is 10.9. The van der Waals surface area contributed by atoms with E-state index in [9.17, 15) is 5.11 Å². The molecule has 0 atom stereocenters. The Morgan fingerprint density at radius 3 is 2.00 bits per heavy atom. The SMILES string of the molecule is CCCCCCCCCSc1cc(C)c(O)c(C)c1. The average Bonchev–Trinajstić information content (AvgIpc) is 2.39. The number of aromatic hydroxyl groups is 1. The molecule has 1 aromatic carbocycles. The molecule has 0 aliphatic rings. The number of rotatable bonds is 9. The van der Waals surface area contributed by atoms with E-state index in [1.54, 1.807) is 0 Å². The Morgan fingerprint density at radius 2 is 1.42 bits per heavy atom. The summed E-state index contributed by atoms with van der Waals surface area (Å²) < 4.78 is 0. The third kappa shape index (κ3) is 6.38. The van der Waals surface area contributed by atoms with Gasteiger partial charge in [0.1, 0.15) is 5.75 Å². The molecular weight excluding hydrogens is 252 g/mol. The molecule has 0 saturated carbocycles. The minimum Gasteiger partial charge on any atom is -0.507 e. The monoisotopic (exact) mass is 280 g/mol. The molecule has 108 valence electrons. The second-order valence-electron chi connectivity index (χ2n) is 5.38. The molecule has 0 aliphatic heterocycles. The minimum atomic E-state index is 0.445. The Balaban J connectivity index is 2.16. The molecule has 0 amide bonds. The number of hydrogen-bond donors (Lipinski definition) is 1. The second kappa shape index (κ2) is 9.30. The van der Waals surface area contributed by atoms with Crippen LogP contribution in [0.15, 0.2) is 17.0 Å². The number of unbranched alkanes of at least 4 members (excludes halogenated alkanes) is 6. The van der Waals surface area contributed by atoms with E-state index in [1.807, 2.05) is 25.6 Å². The molecule has 1 N–H and O–H groups in total. The first kappa shape index (κ1) is 16.4. The highest BCUT2D eigenvalue weighted by molar-refractivity contribution is 7.99. The van der Waals surface area contributed by atoms with Crippen LogP contribution in [-0.2, 0) is 0 Å². The fraction of sp³-hybridized carbons (Fsp3) is 0.647. The fourth-order valence-electron chi connectivity index (χ4n) is 2.25. The Labute approximate surface area is 122 Å². The molecule has 19 heavy (non-hydrogen) atoms. The summed E-state index contributed by atoms with van der Waals surface area (Å²) in [5, 5.41) is 9.73. The predicted molar refractivity (Wildman–Crippen MR) is 86.3 cm³/mol. The molecule has 1 aromatic rings. The van der Waals surface area contributed by atoms with Crippen LogP contribution in [0.1, 0.15) is 63.0 Å². The smallest absolute Gasteiger partial charge is 0.121 e. The second-order valence-corrected chi connectivity index (χ2v) is 6.54. The molecule has 1 rings (SSSR count). The molecule has 0 bridgehead atoms. The number of thioether (sulfide) groups is 1. The van der Waals surface area contributed by atoms with Crippen molar-refractivity contribution >= 4 is 11.8 Å². The van der Waals surface area contributed by atoms with Crippen molar-refractivity contribution in [2.24, 2.45) is 0 Å². The lowest BCUT2D eigenvalue weighted by molar-refractivity contribution is 0.466. The van der Waals surface area contributed by atoms with Gasteiger partial charge in [0.05, 0.1) is 0 Å². The summed E-state index contributed by atoms with van der Waals surface area (Å²) in [6.07, 6.45) is 9.56. The van der Waals surface area contributed by atoms with Crippen molar-refractivity contribution in [1.82, 2.24) is 0 Å². The van der Waals surface area contributed by atoms with Crippen molar-refractivity contribution in [3.8, 4) is 5.75 Å². The lowest BCUT2D eigenvalue weighted by Crippen LogP contribution is -1.86. The summed E-state index contributed by atoms with van der Waals surface area (Å²) in [5.41, 5.74) is 1.98. The Hall–Kier alpha value is -0.630. The van der Waals surface area contributed by atoms with Gasteiger partial charge in [0.2, 0.25) is 0 Å². The molecule has 0 spiro atoms. The van der Waals surface area contributed by atoms with Gasteiger partial charge in [-0.15, -0.1) is 11.8 Å². The highest BCUT2D eigenvalue weighted by atomic mass is 32.2. The van der Waals surface area contributed by atoms with Crippen molar-refractivity contribution in [2.45, 2.75) is 70.6 Å². The van der Waals surface area contributed by atoms with Crippen LogP contribution in [0.25, 0.3) is 0 Å². The van der Waals surface area contributed by atoms with Gasteiger partial charge in [-0.25, -0.2) is 0 Å². The first-order chi connectivity index (χ1) is 9.15. The summed E-state index contributed by atoms with van der Waals surface area (Å²) in [4.78, 5) is 1.29. The fourth-order valence-corrected chi connectivity index (χ4v) is 3.35. The Kier molecular flexibility index (Phi) is 8.04. The van der Waals surface area contributed by atoms with Crippen LogP contribution in [0.5, 0.6) is 5.75 Å². The van der Waals surface area contributed by atoms with E-state index in [1.165, 1.54) is 55.6 Å². The Bertz CT molecular complexity index is 351. The minimum absolute atomic E-state index is 0.445. The number of aryl methyl sites for hydroxylation is 2. The summed E-state index contributed by atoms with van der Waals surface area (Å²) in [5.74, 6) is 1.64. The molecular formula is C17H28OS. The number of phenols is 1. The van der Waals surface area contributed by atoms with E-state index in [0.29, 0.717) is 5.75 Å². The van der Waals surface area contributed by atoms with Gasteiger partial charge in [0, 0.05) is 4.90 Å². The highest BCUT2D eigenvalue weighted by Gasteiger charge is 2.03. The van der Waals surface area contributed by atoms with Crippen LogP contribution in [0.4, 0.5) is 0 Å². The molecule has 1 nitrogen and oxygen atoms in total. The zero-order valence-electron chi connectivity index (χ0n) is 12.7. The number of hydrogen-bond acceptors (Lipinski definition) is 2. The highest BCUT2D eigenvalue weighted by Crippen LogP contribution is 2.29. The van der Waals surface area contributed by atoms with E-state index in [4.69, 9.17) is 0 Å². The molecule has 0 saturated heterocycles. The van der Waals surface area contributed by atoms with Crippen LogP contribution < -0.4 is 0 Å². The van der Waals surface area contributed by atoms with Crippen LogP contribution in [0, 0.1) is 13.8 Å². The van der Waals surface area contributed by atoms with Crippen LogP contribution in [0.3, 0.4) is 0 Å². The van der Waals surface area contributed by atoms with Gasteiger partial charge in [-0.05, 0) is 49.3 Å². The number of phenolic OH excluding ortho intramolecular Hbond substituents is 1. The van der Waals surface area contributed by atoms with Gasteiger partial charge in [0.15, 0.2) is 0 Å². The quantitative estimate of drug-likeness (QED) is 0.452. The van der Waals surface area contributed by atoms with E-state index in [2.05, 4.69) is 19.1 Å². The average molecular weight is 280 g/mol. The molecule has 0 radical (unpaired) electrons. The van der Waals surface area contributed by atoms with E-state index in [0.717, 1.165) is 11.1 Å². The van der Waals surface area contributed by atoms with Crippen molar-refractivity contribution in [2.75, 3.05) is 5.75 Å². The molecule has 0 unspecified atom stereocenters. The zero-order valence-corrected chi connectivity index (χ0v) is 13.5. The van der Waals surface area contributed by atoms with Crippen molar-refractivity contribution in [1.29, 1.82) is 0 Å². The molecule has 0 fully saturated rings. The van der Waals surface area contributed by atoms with Crippen LogP contribution in [0.2, 0.25) is 0 Å². The maximum absolute atomic E-state index is 9.73. The largest absolute Gasteiger partial charge is 0.507 e. The van der Waals surface area contributed by atoms with Gasteiger partial charge in [0.25, 0.3) is 0 Å². The van der Waals surface area contributed by atoms with Crippen molar-refractivity contribution in [3.05, 3.63) is 23.3 Å². The molecule has 0 aromatic heterocycles. The van der Waals surface area contributed by atoms with Gasteiger partial charge < -0.3 is 5.11 Å². The topological polar surface area (TPSA) is 20.2 Å². The third-order valence-corrected chi connectivity index (χ3v) is 4.54. The van der Waals surface area contributed by atoms with Crippen LogP contribution in [-0.4, -0.2) is 10.9 Å². The van der Waals surface area contributed by atoms with Gasteiger partial charge >= 0.3 is 0 Å². The van der Waals surface area contributed by atoms with Gasteiger partial charge in [-0.2, -0.15) is 0 Å². The lowest BCUT2D eigenvalue weighted by atomic mass is 10.1. The van der Waals surface area contributed by atoms with Crippen molar-refractivity contribution in [3.63, 3.8) is 0 Å². The van der Waals surface area contributed by atoms with Gasteiger partial charge in [-0.3, -0.25) is 0 Å². The summed E-state index contributed by atoms with van der Waals surface area (Å²) >= 11 is 1.91. The van der Waals surface area contributed by atoms with Crippen molar-refractivity contribution < 1.29 is 5.11 Å². The first-order valence-electron chi connectivity index (χ1n) is 7.58. The van der Waals surface area contributed by atoms with Gasteiger partial charge in [-0.1, -0.05) is 45.4 Å². The standard InChI is InChI=1S/C17H28OS/c1-4-5-6-7-8-9-10-11-19-16-12-14(2)17(18)15(3)13-16/h12-13,18H,4-11H2,1-3H3. The third-order valence-electron chi connectivity index (χ3n) is 3.48. The maximum Gasteiger partial charge on any atom is 0.121 e. The maximum atomic E-state index is 9.73. The summed E-state index contributed by atoms with van der Waals surface area (Å²) in [7, 11) is 0. The van der Waals surface area contributed by atoms with E-state index >= 15 is 0 Å². The van der Waals surface area contributed by atoms with Crippen LogP contribution >= 0.6 is 11.8 Å². The summed E-state index contributed by atoms with van der Waals surface area (Å²) in [6.45, 7) is 6.21. The summed E-state index contributed by atoms with van der Waals surface area (Å²) in [6, 6.07) is 4.18. The molecule has 2 heteroatoms. The zero-order chi connectivity index (χ0) is 14.1. The molecule has 0 aliphatic carbocycles. The number of benzene rings is 1. The lowest BCUT2D eigenvalue weighted by Gasteiger charge is -2.07. The van der Waals surface area contributed by atoms with E-state index in [-0.39, 0.29) is 0 Å². The van der Waals surface area contributed by atoms with E-state index < -0.39 is 0 Å². The first-order valence-corrected chi connectivity index (χ1v) is 8.56. The Morgan fingerprint density at radius 1 is 0.895 bits per heavy atom.